The summed E-state index contributed by atoms with van der Waals surface area (Å²) in [6.07, 6.45) is 5.74. The maximum atomic E-state index is 2.34. The standard InChI is InChI=1S/C14H12P2/c1-6-14(7-1,12-2-8-15-9-3-12)13-4-10-16-11-5-13/h1-6,8-11H,7H2. The van der Waals surface area contributed by atoms with E-state index in [1.54, 1.807) is 0 Å². The molecule has 0 saturated carbocycles. The van der Waals surface area contributed by atoms with Gasteiger partial charge in [0.05, 0.1) is 0 Å². The molecule has 0 amide bonds. The zero-order chi connectivity index (χ0) is 10.8. The van der Waals surface area contributed by atoms with Crippen molar-refractivity contribution in [2.45, 2.75) is 11.8 Å². The summed E-state index contributed by atoms with van der Waals surface area (Å²) in [5.74, 6) is 8.88. The Balaban J connectivity index is 2.12. The van der Waals surface area contributed by atoms with Crippen molar-refractivity contribution >= 4 is 16.4 Å². The van der Waals surface area contributed by atoms with Gasteiger partial charge in [0.25, 0.3) is 0 Å². The molecule has 2 aromatic rings. The first-order valence-electron chi connectivity index (χ1n) is 5.40. The highest BCUT2D eigenvalue weighted by molar-refractivity contribution is 7.28. The van der Waals surface area contributed by atoms with Crippen molar-refractivity contribution in [3.05, 3.63) is 70.7 Å². The maximum Gasteiger partial charge on any atom is 0.0416 e. The molecule has 0 bridgehead atoms. The molecule has 2 heteroatoms. The van der Waals surface area contributed by atoms with Crippen molar-refractivity contribution in [1.29, 1.82) is 0 Å². The summed E-state index contributed by atoms with van der Waals surface area (Å²) in [5.41, 5.74) is 3.01. The minimum absolute atomic E-state index is 0.159. The number of allylic oxidation sites excluding steroid dienone is 2. The van der Waals surface area contributed by atoms with Gasteiger partial charge in [-0.15, -0.1) is 0 Å². The molecule has 2 heterocycles. The van der Waals surface area contributed by atoms with Gasteiger partial charge in [-0.05, 0) is 40.7 Å². The number of hydrogen-bond acceptors (Lipinski definition) is 0. The largest absolute Gasteiger partial charge is 0.0858 e. The highest BCUT2D eigenvalue weighted by Crippen LogP contribution is 2.43. The van der Waals surface area contributed by atoms with Crippen molar-refractivity contribution in [2.75, 3.05) is 0 Å². The Morgan fingerprint density at radius 3 is 1.56 bits per heavy atom. The Kier molecular flexibility index (Phi) is 2.64. The van der Waals surface area contributed by atoms with Crippen molar-refractivity contribution < 1.29 is 0 Å². The van der Waals surface area contributed by atoms with Crippen LogP contribution in [0.15, 0.2) is 59.6 Å². The molecule has 0 radical (unpaired) electrons. The molecule has 0 unspecified atom stereocenters. The number of hydrogen-bond donors (Lipinski definition) is 0. The second kappa shape index (κ2) is 4.13. The van der Waals surface area contributed by atoms with Crippen molar-refractivity contribution in [3.8, 4) is 0 Å². The van der Waals surface area contributed by atoms with Gasteiger partial charge in [-0.2, -0.15) is 0 Å². The molecule has 0 aliphatic heterocycles. The molecule has 0 nitrogen and oxygen atoms in total. The predicted molar refractivity (Wildman–Crippen MR) is 72.4 cm³/mol. The summed E-state index contributed by atoms with van der Waals surface area (Å²) in [7, 11) is 2.59. The molecule has 0 atom stereocenters. The average molecular weight is 242 g/mol. The molecule has 1 aliphatic carbocycles. The first kappa shape index (κ1) is 10.2. The van der Waals surface area contributed by atoms with Crippen LogP contribution in [0.25, 0.3) is 0 Å². The first-order valence-corrected chi connectivity index (χ1v) is 7.47. The molecule has 0 aromatic carbocycles. The Bertz CT molecular complexity index is 463. The van der Waals surface area contributed by atoms with Gasteiger partial charge in [-0.3, -0.25) is 0 Å². The molecule has 0 N–H and O–H groups in total. The highest BCUT2D eigenvalue weighted by Gasteiger charge is 2.34. The Morgan fingerprint density at radius 1 is 0.812 bits per heavy atom. The number of rotatable bonds is 2. The fourth-order valence-electron chi connectivity index (χ4n) is 2.25. The van der Waals surface area contributed by atoms with Gasteiger partial charge in [-0.25, -0.2) is 0 Å². The zero-order valence-electron chi connectivity index (χ0n) is 8.88. The molecule has 16 heavy (non-hydrogen) atoms. The van der Waals surface area contributed by atoms with Gasteiger partial charge in [0.1, 0.15) is 0 Å². The third-order valence-electron chi connectivity index (χ3n) is 3.23. The van der Waals surface area contributed by atoms with Crippen LogP contribution < -0.4 is 0 Å². The Morgan fingerprint density at radius 2 is 1.25 bits per heavy atom. The summed E-state index contributed by atoms with van der Waals surface area (Å²) in [4.78, 5) is 0. The summed E-state index contributed by atoms with van der Waals surface area (Å²) < 4.78 is 0. The van der Waals surface area contributed by atoms with E-state index in [4.69, 9.17) is 0 Å². The zero-order valence-corrected chi connectivity index (χ0v) is 10.7. The van der Waals surface area contributed by atoms with E-state index in [0.717, 1.165) is 6.42 Å². The summed E-state index contributed by atoms with van der Waals surface area (Å²) in [6.45, 7) is 0. The second-order valence-electron chi connectivity index (χ2n) is 4.05. The van der Waals surface area contributed by atoms with E-state index < -0.39 is 0 Å². The van der Waals surface area contributed by atoms with Crippen LogP contribution in [0.3, 0.4) is 0 Å². The molecule has 78 valence electrons. The van der Waals surface area contributed by atoms with Gasteiger partial charge in [0.15, 0.2) is 0 Å². The monoisotopic (exact) mass is 242 g/mol. The predicted octanol–water partition coefficient (Wildman–Crippen LogP) is 5.09. The molecule has 0 saturated heterocycles. The molecule has 2 aromatic heterocycles. The molecular weight excluding hydrogens is 230 g/mol. The Labute approximate surface area is 99.2 Å². The molecule has 0 fully saturated rings. The van der Waals surface area contributed by atoms with Gasteiger partial charge in [0, 0.05) is 5.41 Å². The minimum atomic E-state index is 0.159. The third-order valence-corrected chi connectivity index (χ3v) is 4.52. The first-order chi connectivity index (χ1) is 7.92. The minimum Gasteiger partial charge on any atom is -0.0858 e. The van der Waals surface area contributed by atoms with E-state index >= 15 is 0 Å². The summed E-state index contributed by atoms with van der Waals surface area (Å²) >= 11 is 0. The fourth-order valence-corrected chi connectivity index (χ4v) is 3.43. The van der Waals surface area contributed by atoms with Crippen molar-refractivity contribution in [3.63, 3.8) is 0 Å². The lowest BCUT2D eigenvalue weighted by atomic mass is 9.67. The lowest BCUT2D eigenvalue weighted by molar-refractivity contribution is 0.601. The van der Waals surface area contributed by atoms with Crippen LogP contribution in [0.1, 0.15) is 17.5 Å². The van der Waals surface area contributed by atoms with Crippen LogP contribution in [-0.2, 0) is 5.41 Å². The maximum absolute atomic E-state index is 2.34. The van der Waals surface area contributed by atoms with Crippen LogP contribution in [0.2, 0.25) is 0 Å². The van der Waals surface area contributed by atoms with Crippen LogP contribution in [0.5, 0.6) is 0 Å². The fraction of sp³-hybridized carbons (Fsp3) is 0.143. The lowest BCUT2D eigenvalue weighted by Gasteiger charge is -2.36. The van der Waals surface area contributed by atoms with Gasteiger partial charge >= 0.3 is 0 Å². The molecule has 1 aliphatic rings. The van der Waals surface area contributed by atoms with Gasteiger partial charge in [0.2, 0.25) is 0 Å². The summed E-state index contributed by atoms with van der Waals surface area (Å²) in [5, 5.41) is 0. The highest BCUT2D eigenvalue weighted by atomic mass is 31.0. The van der Waals surface area contributed by atoms with Crippen LogP contribution >= 0.6 is 16.4 Å². The van der Waals surface area contributed by atoms with E-state index in [2.05, 4.69) is 59.6 Å². The second-order valence-corrected chi connectivity index (χ2v) is 5.84. The van der Waals surface area contributed by atoms with E-state index in [-0.39, 0.29) is 5.41 Å². The SMILES string of the molecule is C1=CC(c2ccpcc2)(c2ccpcc2)C1. The Hall–Kier alpha value is -0.960. The normalized spacial score (nSPS) is 16.8. The summed E-state index contributed by atoms with van der Waals surface area (Å²) in [6, 6.07) is 9.08. The van der Waals surface area contributed by atoms with E-state index in [1.165, 1.54) is 27.5 Å². The topological polar surface area (TPSA) is 0 Å². The van der Waals surface area contributed by atoms with Crippen molar-refractivity contribution in [1.82, 2.24) is 0 Å². The van der Waals surface area contributed by atoms with E-state index in [9.17, 15) is 0 Å². The third kappa shape index (κ3) is 1.54. The molecular formula is C14H12P2. The van der Waals surface area contributed by atoms with Gasteiger partial charge in [-0.1, -0.05) is 52.8 Å². The van der Waals surface area contributed by atoms with E-state index in [0.29, 0.717) is 0 Å². The lowest BCUT2D eigenvalue weighted by Crippen LogP contribution is -2.29. The van der Waals surface area contributed by atoms with Gasteiger partial charge < -0.3 is 0 Å². The molecule has 3 rings (SSSR count). The van der Waals surface area contributed by atoms with Crippen LogP contribution in [0, 0.1) is 0 Å². The molecule has 0 spiro atoms. The van der Waals surface area contributed by atoms with Crippen LogP contribution in [0.4, 0.5) is 0 Å². The van der Waals surface area contributed by atoms with Crippen molar-refractivity contribution in [2.24, 2.45) is 0 Å². The van der Waals surface area contributed by atoms with Crippen LogP contribution in [-0.4, -0.2) is 0 Å². The van der Waals surface area contributed by atoms with E-state index in [1.807, 2.05) is 0 Å². The smallest absolute Gasteiger partial charge is 0.0416 e. The quantitative estimate of drug-likeness (QED) is 0.643. The average Bonchev–Trinajstić information content (AvgIpc) is 2.31.